The van der Waals surface area contributed by atoms with Crippen molar-refractivity contribution in [2.45, 2.75) is 65.2 Å². The van der Waals surface area contributed by atoms with Gasteiger partial charge in [0.25, 0.3) is 0 Å². The van der Waals surface area contributed by atoms with E-state index in [4.69, 9.17) is 20.9 Å². The molecule has 0 aliphatic rings. The van der Waals surface area contributed by atoms with Crippen LogP contribution in [0.25, 0.3) is 24.3 Å². The number of ether oxygens (including phenoxy) is 4. The molecule has 0 aromatic heterocycles. The Morgan fingerprint density at radius 1 is 0.450 bits per heavy atom. The number of nitrogen functional groups attached to an aromatic ring is 2. The predicted octanol–water partition coefficient (Wildman–Crippen LogP) is 10.0. The number of esters is 4. The van der Waals surface area contributed by atoms with Gasteiger partial charge in [-0.25, -0.2) is 19.2 Å². The minimum absolute atomic E-state index is 0.354. The third-order valence-electron chi connectivity index (χ3n) is 9.54. The van der Waals surface area contributed by atoms with E-state index >= 15 is 0 Å². The van der Waals surface area contributed by atoms with Gasteiger partial charge in [-0.1, -0.05) is 101 Å². The molecule has 12 nitrogen and oxygen atoms in total. The van der Waals surface area contributed by atoms with Gasteiger partial charge in [0.05, 0.1) is 50.7 Å². The van der Waals surface area contributed by atoms with Crippen LogP contribution in [-0.2, 0) is 18.9 Å². The molecular weight excluding hydrogens is 761 g/mol. The van der Waals surface area contributed by atoms with E-state index < -0.39 is 11.9 Å². The Hall–Kier alpha value is -6.56. The van der Waals surface area contributed by atoms with Crippen molar-refractivity contribution in [2.24, 2.45) is 0 Å². The summed E-state index contributed by atoms with van der Waals surface area (Å²) in [6.07, 6.45) is 16.9. The van der Waals surface area contributed by atoms with Crippen LogP contribution < -0.4 is 22.1 Å². The molecule has 0 radical (unpaired) electrons. The van der Waals surface area contributed by atoms with E-state index in [9.17, 15) is 19.2 Å². The van der Waals surface area contributed by atoms with E-state index in [0.29, 0.717) is 33.6 Å². The van der Waals surface area contributed by atoms with Crippen LogP contribution >= 0.6 is 0 Å². The minimum atomic E-state index is -0.445. The van der Waals surface area contributed by atoms with Gasteiger partial charge in [0.1, 0.15) is 0 Å². The highest BCUT2D eigenvalue weighted by molar-refractivity contribution is 5.95. The van der Waals surface area contributed by atoms with E-state index in [2.05, 4.69) is 34.0 Å². The first-order valence-electron chi connectivity index (χ1n) is 20.2. The van der Waals surface area contributed by atoms with Crippen molar-refractivity contribution in [1.29, 1.82) is 0 Å². The number of nitrogens with one attached hydrogen (secondary N) is 2. The van der Waals surface area contributed by atoms with Crippen LogP contribution in [0.5, 0.6) is 0 Å². The van der Waals surface area contributed by atoms with Crippen LogP contribution in [0.2, 0.25) is 0 Å². The molecule has 0 amide bonds. The molecule has 320 valence electrons. The Morgan fingerprint density at radius 3 is 1.05 bits per heavy atom. The summed E-state index contributed by atoms with van der Waals surface area (Å²) in [6.45, 7) is 6.07. The first kappa shape index (κ1) is 47.8. The van der Waals surface area contributed by atoms with Crippen LogP contribution in [0.1, 0.15) is 129 Å². The summed E-state index contributed by atoms with van der Waals surface area (Å²) in [7, 11) is 5.41. The molecule has 4 aromatic rings. The highest BCUT2D eigenvalue weighted by Gasteiger charge is 2.12. The van der Waals surface area contributed by atoms with Gasteiger partial charge in [0.15, 0.2) is 0 Å². The molecule has 0 saturated carbocycles. The van der Waals surface area contributed by atoms with Crippen LogP contribution in [0.3, 0.4) is 0 Å². The molecule has 0 fully saturated rings. The number of hydrogen-bond acceptors (Lipinski definition) is 12. The molecule has 0 unspecified atom stereocenters. The topological polar surface area (TPSA) is 181 Å². The van der Waals surface area contributed by atoms with Gasteiger partial charge in [0.2, 0.25) is 0 Å². The third kappa shape index (κ3) is 15.0. The Bertz CT molecular complexity index is 1960. The molecule has 6 N–H and O–H groups in total. The SMILES string of the molecule is CCCCCCNc1cc(C(=O)OC)ccc1/C=C/c1ccc(C(=O)OC)cc1NCCCCCC.COC(=O)c1ccc(/C=C/c2ccc(C(=O)OC)cc2N)c(N)c1. The summed E-state index contributed by atoms with van der Waals surface area (Å²) in [6, 6.07) is 20.9. The highest BCUT2D eigenvalue weighted by atomic mass is 16.5. The van der Waals surface area contributed by atoms with Crippen molar-refractivity contribution in [1.82, 2.24) is 0 Å². The summed E-state index contributed by atoms with van der Waals surface area (Å²) in [5, 5.41) is 6.98. The van der Waals surface area contributed by atoms with Gasteiger partial charge >= 0.3 is 23.9 Å². The molecule has 0 aliphatic heterocycles. The number of methoxy groups -OCH3 is 4. The molecule has 0 bridgehead atoms. The van der Waals surface area contributed by atoms with Crippen molar-refractivity contribution in [3.63, 3.8) is 0 Å². The number of carbonyl (C=O) groups excluding carboxylic acids is 4. The average Bonchev–Trinajstić information content (AvgIpc) is 3.27. The van der Waals surface area contributed by atoms with Crippen LogP contribution in [0, 0.1) is 0 Å². The number of benzene rings is 4. The van der Waals surface area contributed by atoms with Gasteiger partial charge in [-0.05, 0) is 83.6 Å². The van der Waals surface area contributed by atoms with Gasteiger partial charge in [-0.3, -0.25) is 0 Å². The number of rotatable bonds is 20. The van der Waals surface area contributed by atoms with Gasteiger partial charge in [0, 0.05) is 35.8 Å². The fraction of sp³-hybridized carbons (Fsp3) is 0.333. The predicted molar refractivity (Wildman–Crippen MR) is 243 cm³/mol. The van der Waals surface area contributed by atoms with Crippen molar-refractivity contribution < 1.29 is 38.1 Å². The molecule has 12 heteroatoms. The Balaban J connectivity index is 0.000000347. The molecule has 0 heterocycles. The lowest BCUT2D eigenvalue weighted by atomic mass is 10.0. The monoisotopic (exact) mass is 820 g/mol. The van der Waals surface area contributed by atoms with Crippen molar-refractivity contribution in [2.75, 3.05) is 63.6 Å². The smallest absolute Gasteiger partial charge is 0.337 e. The fourth-order valence-electron chi connectivity index (χ4n) is 6.05. The Labute approximate surface area is 354 Å². The summed E-state index contributed by atoms with van der Waals surface area (Å²) in [4.78, 5) is 47.1. The summed E-state index contributed by atoms with van der Waals surface area (Å²) in [5.41, 5.74) is 19.8. The van der Waals surface area contributed by atoms with E-state index in [1.165, 1.54) is 67.0 Å². The molecule has 0 saturated heterocycles. The molecule has 0 atom stereocenters. The van der Waals surface area contributed by atoms with Crippen molar-refractivity contribution in [3.05, 3.63) is 117 Å². The third-order valence-corrected chi connectivity index (χ3v) is 9.54. The van der Waals surface area contributed by atoms with Gasteiger partial charge in [-0.15, -0.1) is 0 Å². The number of unbranched alkanes of at least 4 members (excludes halogenated alkanes) is 6. The zero-order valence-corrected chi connectivity index (χ0v) is 35.7. The van der Waals surface area contributed by atoms with Crippen LogP contribution in [-0.4, -0.2) is 65.4 Å². The lowest BCUT2D eigenvalue weighted by molar-refractivity contribution is 0.0592. The van der Waals surface area contributed by atoms with E-state index in [-0.39, 0.29) is 11.9 Å². The Morgan fingerprint density at radius 2 is 0.750 bits per heavy atom. The molecule has 0 spiro atoms. The maximum atomic E-state index is 12.1. The quantitative estimate of drug-likeness (QED) is 0.0218. The van der Waals surface area contributed by atoms with E-state index in [1.807, 2.05) is 36.4 Å². The lowest BCUT2D eigenvalue weighted by Crippen LogP contribution is -2.07. The first-order chi connectivity index (χ1) is 29.0. The van der Waals surface area contributed by atoms with E-state index in [0.717, 1.165) is 59.6 Å². The molecule has 4 rings (SSSR count). The first-order valence-corrected chi connectivity index (χ1v) is 20.2. The Kier molecular flexibility index (Phi) is 20.5. The zero-order chi connectivity index (χ0) is 43.9. The molecule has 60 heavy (non-hydrogen) atoms. The molecule has 4 aromatic carbocycles. The second kappa shape index (κ2) is 25.7. The van der Waals surface area contributed by atoms with Crippen molar-refractivity contribution in [3.8, 4) is 0 Å². The maximum absolute atomic E-state index is 12.1. The molecular formula is C48H60N4O8. The second-order valence-corrected chi connectivity index (χ2v) is 13.9. The van der Waals surface area contributed by atoms with Gasteiger partial charge < -0.3 is 41.0 Å². The molecule has 0 aliphatic carbocycles. The summed E-state index contributed by atoms with van der Waals surface area (Å²) < 4.78 is 19.1. The number of carbonyl (C=O) groups is 4. The maximum Gasteiger partial charge on any atom is 0.337 e. The fourth-order valence-corrected chi connectivity index (χ4v) is 6.05. The average molecular weight is 821 g/mol. The number of anilines is 4. The standard InChI is InChI=1S/C30H42N2O4.C18H18N2O4/c1-5-7-9-11-19-31-27-21-25(29(33)35-3)17-15-23(27)13-14-24-16-18-26(30(34)36-4)22-28(24)32-20-12-10-8-6-2;1-23-17(21)13-7-5-11(15(19)9-13)3-4-12-6-8-14(10-16(12)20)18(22)24-2/h13-18,21-22,31-32H,5-12,19-20H2,1-4H3;3-10H,19-20H2,1-2H3/b14-13+;4-3+. The number of nitrogens with two attached hydrogens (primary N) is 2. The number of hydrogen-bond donors (Lipinski definition) is 4. The largest absolute Gasteiger partial charge is 0.465 e. The summed E-state index contributed by atoms with van der Waals surface area (Å²) in [5.74, 6) is -1.60. The van der Waals surface area contributed by atoms with Crippen LogP contribution in [0.15, 0.2) is 72.8 Å². The second-order valence-electron chi connectivity index (χ2n) is 13.9. The normalized spacial score (nSPS) is 10.8. The highest BCUT2D eigenvalue weighted by Crippen LogP contribution is 2.26. The van der Waals surface area contributed by atoms with E-state index in [1.54, 1.807) is 60.7 Å². The van der Waals surface area contributed by atoms with Crippen LogP contribution in [0.4, 0.5) is 22.7 Å². The van der Waals surface area contributed by atoms with Crippen molar-refractivity contribution >= 4 is 70.9 Å². The minimum Gasteiger partial charge on any atom is -0.465 e. The lowest BCUT2D eigenvalue weighted by Gasteiger charge is -2.13. The summed E-state index contributed by atoms with van der Waals surface area (Å²) >= 11 is 0. The van der Waals surface area contributed by atoms with Gasteiger partial charge in [-0.2, -0.15) is 0 Å². The zero-order valence-electron chi connectivity index (χ0n) is 35.7.